The molecule has 1 atom stereocenters. The van der Waals surface area contributed by atoms with Crippen molar-refractivity contribution < 1.29 is 0 Å². The molecule has 0 aliphatic rings. The molecule has 5 heteroatoms. The molecule has 0 amide bonds. The van der Waals surface area contributed by atoms with Crippen molar-refractivity contribution in [1.29, 1.82) is 0 Å². The molecular weight excluding hydrogens is 339 g/mol. The number of aromatic nitrogens is 2. The summed E-state index contributed by atoms with van der Waals surface area (Å²) in [5.41, 5.74) is 5.14. The number of rotatable bonds is 5. The third-order valence-electron chi connectivity index (χ3n) is 2.82. The standard InChI is InChI=1S/C13H17IN4/c1-2-7-18-9-10(8-16-18)13(17-15)11-5-3-4-6-12(11)14/h3-6,8-9,13,17H,2,7,15H2,1H3. The van der Waals surface area contributed by atoms with E-state index in [9.17, 15) is 0 Å². The van der Waals surface area contributed by atoms with Crippen molar-refractivity contribution in [3.8, 4) is 0 Å². The predicted octanol–water partition coefficient (Wildman–Crippen LogP) is 2.45. The summed E-state index contributed by atoms with van der Waals surface area (Å²) in [4.78, 5) is 0. The van der Waals surface area contributed by atoms with E-state index in [1.54, 1.807) is 0 Å². The van der Waals surface area contributed by atoms with E-state index in [4.69, 9.17) is 5.84 Å². The van der Waals surface area contributed by atoms with Crippen LogP contribution in [0.1, 0.15) is 30.5 Å². The molecule has 0 spiro atoms. The van der Waals surface area contributed by atoms with Crippen molar-refractivity contribution in [2.45, 2.75) is 25.9 Å². The van der Waals surface area contributed by atoms with Crippen LogP contribution in [-0.4, -0.2) is 9.78 Å². The monoisotopic (exact) mass is 356 g/mol. The van der Waals surface area contributed by atoms with Gasteiger partial charge in [0.15, 0.2) is 0 Å². The van der Waals surface area contributed by atoms with Crippen molar-refractivity contribution in [1.82, 2.24) is 15.2 Å². The molecule has 1 aromatic heterocycles. The Morgan fingerprint density at radius 2 is 2.22 bits per heavy atom. The number of benzene rings is 1. The van der Waals surface area contributed by atoms with Crippen LogP contribution in [0.4, 0.5) is 0 Å². The van der Waals surface area contributed by atoms with Crippen LogP contribution in [0.25, 0.3) is 0 Å². The fraction of sp³-hybridized carbons (Fsp3) is 0.308. The van der Waals surface area contributed by atoms with Gasteiger partial charge in [-0.25, -0.2) is 5.43 Å². The zero-order valence-electron chi connectivity index (χ0n) is 10.3. The Morgan fingerprint density at radius 3 is 2.89 bits per heavy atom. The van der Waals surface area contributed by atoms with E-state index in [1.165, 1.54) is 9.13 Å². The number of nitrogens with zero attached hydrogens (tertiary/aromatic N) is 2. The van der Waals surface area contributed by atoms with Gasteiger partial charge >= 0.3 is 0 Å². The van der Waals surface area contributed by atoms with Gasteiger partial charge in [-0.3, -0.25) is 10.5 Å². The maximum absolute atomic E-state index is 5.70. The lowest BCUT2D eigenvalue weighted by Gasteiger charge is -2.16. The molecule has 96 valence electrons. The first kappa shape index (κ1) is 13.5. The molecule has 1 heterocycles. The molecule has 0 bridgehead atoms. The molecule has 18 heavy (non-hydrogen) atoms. The normalized spacial score (nSPS) is 12.6. The van der Waals surface area contributed by atoms with E-state index >= 15 is 0 Å². The Balaban J connectivity index is 2.30. The van der Waals surface area contributed by atoms with Gasteiger partial charge in [0.25, 0.3) is 0 Å². The third kappa shape index (κ3) is 2.90. The van der Waals surface area contributed by atoms with Gasteiger partial charge in [0, 0.05) is 21.9 Å². The van der Waals surface area contributed by atoms with Crippen molar-refractivity contribution in [2.75, 3.05) is 0 Å². The van der Waals surface area contributed by atoms with Gasteiger partial charge in [0.1, 0.15) is 0 Å². The van der Waals surface area contributed by atoms with Gasteiger partial charge in [-0.05, 0) is 40.6 Å². The third-order valence-corrected chi connectivity index (χ3v) is 3.80. The molecular formula is C13H17IN4. The van der Waals surface area contributed by atoms with Crippen molar-refractivity contribution >= 4 is 22.6 Å². The molecule has 1 unspecified atom stereocenters. The highest BCUT2D eigenvalue weighted by Crippen LogP contribution is 2.25. The van der Waals surface area contributed by atoms with Crippen molar-refractivity contribution in [3.05, 3.63) is 51.4 Å². The van der Waals surface area contributed by atoms with Gasteiger partial charge in [0.2, 0.25) is 0 Å². The van der Waals surface area contributed by atoms with Gasteiger partial charge < -0.3 is 0 Å². The first-order chi connectivity index (χ1) is 8.76. The average molecular weight is 356 g/mol. The summed E-state index contributed by atoms with van der Waals surface area (Å²) in [5.74, 6) is 5.70. The zero-order chi connectivity index (χ0) is 13.0. The van der Waals surface area contributed by atoms with E-state index in [1.807, 2.05) is 23.0 Å². The van der Waals surface area contributed by atoms with Crippen LogP contribution in [0.5, 0.6) is 0 Å². The van der Waals surface area contributed by atoms with E-state index in [0.717, 1.165) is 18.5 Å². The zero-order valence-corrected chi connectivity index (χ0v) is 12.5. The van der Waals surface area contributed by atoms with Crippen molar-refractivity contribution in [3.63, 3.8) is 0 Å². The minimum atomic E-state index is -0.0105. The number of hydrazine groups is 1. The summed E-state index contributed by atoms with van der Waals surface area (Å²) >= 11 is 2.33. The van der Waals surface area contributed by atoms with Crippen molar-refractivity contribution in [2.24, 2.45) is 5.84 Å². The summed E-state index contributed by atoms with van der Waals surface area (Å²) < 4.78 is 3.15. The number of hydrogen-bond donors (Lipinski definition) is 2. The molecule has 0 aliphatic carbocycles. The lowest BCUT2D eigenvalue weighted by molar-refractivity contribution is 0.597. The second-order valence-electron chi connectivity index (χ2n) is 4.16. The van der Waals surface area contributed by atoms with Crippen LogP contribution in [0.3, 0.4) is 0 Å². The molecule has 0 saturated heterocycles. The van der Waals surface area contributed by atoms with E-state index in [-0.39, 0.29) is 6.04 Å². The molecule has 0 fully saturated rings. The Kier molecular flexibility index (Phi) is 4.73. The molecule has 2 aromatic rings. The number of aryl methyl sites for hydroxylation is 1. The summed E-state index contributed by atoms with van der Waals surface area (Å²) in [6.07, 6.45) is 5.01. The quantitative estimate of drug-likeness (QED) is 0.492. The Labute approximate surface area is 121 Å². The lowest BCUT2D eigenvalue weighted by atomic mass is 10.0. The SMILES string of the molecule is CCCn1cc(C(NN)c2ccccc2I)cn1. The summed E-state index contributed by atoms with van der Waals surface area (Å²) in [6, 6.07) is 8.21. The van der Waals surface area contributed by atoms with Gasteiger partial charge in [0.05, 0.1) is 12.2 Å². The fourth-order valence-electron chi connectivity index (χ4n) is 1.95. The van der Waals surface area contributed by atoms with Crippen LogP contribution < -0.4 is 11.3 Å². The average Bonchev–Trinajstić information content (AvgIpc) is 2.82. The molecule has 1 aromatic carbocycles. The Hall–Kier alpha value is -0.920. The minimum Gasteiger partial charge on any atom is -0.272 e. The molecule has 0 aliphatic heterocycles. The first-order valence-electron chi connectivity index (χ1n) is 5.99. The largest absolute Gasteiger partial charge is 0.272 e. The molecule has 4 nitrogen and oxygen atoms in total. The van der Waals surface area contributed by atoms with E-state index in [0.29, 0.717) is 0 Å². The number of hydrogen-bond acceptors (Lipinski definition) is 3. The predicted molar refractivity (Wildman–Crippen MR) is 80.8 cm³/mol. The van der Waals surface area contributed by atoms with Gasteiger partial charge in [-0.15, -0.1) is 0 Å². The van der Waals surface area contributed by atoms with Crippen LogP contribution in [0, 0.1) is 3.57 Å². The number of nitrogens with one attached hydrogen (secondary N) is 1. The number of nitrogens with two attached hydrogens (primary N) is 1. The highest BCUT2D eigenvalue weighted by Gasteiger charge is 2.16. The van der Waals surface area contributed by atoms with Crippen LogP contribution in [-0.2, 0) is 6.54 Å². The van der Waals surface area contributed by atoms with Crippen LogP contribution >= 0.6 is 22.6 Å². The Morgan fingerprint density at radius 1 is 1.44 bits per heavy atom. The second kappa shape index (κ2) is 6.31. The molecule has 0 saturated carbocycles. The van der Waals surface area contributed by atoms with Gasteiger partial charge in [-0.2, -0.15) is 5.10 Å². The molecule has 3 N–H and O–H groups in total. The van der Waals surface area contributed by atoms with Crippen LogP contribution in [0.15, 0.2) is 36.7 Å². The van der Waals surface area contributed by atoms with E-state index in [2.05, 4.69) is 58.4 Å². The lowest BCUT2D eigenvalue weighted by Crippen LogP contribution is -2.29. The van der Waals surface area contributed by atoms with Gasteiger partial charge in [-0.1, -0.05) is 25.1 Å². The molecule has 0 radical (unpaired) electrons. The number of halogens is 1. The summed E-state index contributed by atoms with van der Waals surface area (Å²) in [6.45, 7) is 3.07. The topological polar surface area (TPSA) is 55.9 Å². The fourth-order valence-corrected chi connectivity index (χ4v) is 2.65. The summed E-state index contributed by atoms with van der Waals surface area (Å²) in [7, 11) is 0. The van der Waals surface area contributed by atoms with Crippen LogP contribution in [0.2, 0.25) is 0 Å². The molecule has 2 rings (SSSR count). The maximum Gasteiger partial charge on any atom is 0.0750 e. The smallest absolute Gasteiger partial charge is 0.0750 e. The second-order valence-corrected chi connectivity index (χ2v) is 5.32. The first-order valence-corrected chi connectivity index (χ1v) is 7.07. The van der Waals surface area contributed by atoms with E-state index < -0.39 is 0 Å². The minimum absolute atomic E-state index is 0.0105. The summed E-state index contributed by atoms with van der Waals surface area (Å²) in [5, 5.41) is 4.35. The maximum atomic E-state index is 5.70. The highest BCUT2D eigenvalue weighted by molar-refractivity contribution is 14.1. The Bertz CT molecular complexity index is 509. The highest BCUT2D eigenvalue weighted by atomic mass is 127.